The average Bonchev–Trinajstić information content (AvgIpc) is 2.91. The lowest BCUT2D eigenvalue weighted by molar-refractivity contribution is 0.0926. The van der Waals surface area contributed by atoms with Gasteiger partial charge in [0.1, 0.15) is 11.5 Å². The molecular weight excluding hydrogens is 362 g/mol. The van der Waals surface area contributed by atoms with Crippen LogP contribution in [0.15, 0.2) is 60.7 Å². The van der Waals surface area contributed by atoms with Gasteiger partial charge in [0.05, 0.1) is 21.8 Å². The van der Waals surface area contributed by atoms with E-state index in [1.807, 2.05) is 32.0 Å². The molecule has 0 unspecified atom stereocenters. The zero-order valence-electron chi connectivity index (χ0n) is 14.8. The monoisotopic (exact) mass is 377 g/mol. The summed E-state index contributed by atoms with van der Waals surface area (Å²) in [5.74, 6) is 0.428. The fourth-order valence-electron chi connectivity index (χ4n) is 3.04. The summed E-state index contributed by atoms with van der Waals surface area (Å²) in [6, 6.07) is 17.4. The lowest BCUT2D eigenvalue weighted by Gasteiger charge is -2.16. The first-order valence-electron chi connectivity index (χ1n) is 8.48. The first-order chi connectivity index (χ1) is 13.0. The number of nitrogens with zero attached hydrogens (tertiary/aromatic N) is 1. The van der Waals surface area contributed by atoms with E-state index < -0.39 is 0 Å². The molecule has 134 valence electrons. The Bertz CT molecular complexity index is 1060. The third-order valence-electron chi connectivity index (χ3n) is 4.67. The number of amides is 2. The van der Waals surface area contributed by atoms with Crippen LogP contribution in [0.1, 0.15) is 31.8 Å². The molecule has 27 heavy (non-hydrogen) atoms. The summed E-state index contributed by atoms with van der Waals surface area (Å²) < 4.78 is 5.86. The van der Waals surface area contributed by atoms with Gasteiger partial charge in [0.15, 0.2) is 0 Å². The van der Waals surface area contributed by atoms with Crippen molar-refractivity contribution < 1.29 is 14.3 Å². The van der Waals surface area contributed by atoms with Gasteiger partial charge in [0.2, 0.25) is 0 Å². The summed E-state index contributed by atoms with van der Waals surface area (Å²) >= 11 is 6.36. The van der Waals surface area contributed by atoms with E-state index in [4.69, 9.17) is 16.3 Å². The highest BCUT2D eigenvalue weighted by Gasteiger charge is 2.36. The van der Waals surface area contributed by atoms with Gasteiger partial charge >= 0.3 is 0 Å². The van der Waals surface area contributed by atoms with Crippen LogP contribution in [0.3, 0.4) is 0 Å². The Morgan fingerprint density at radius 2 is 1.48 bits per heavy atom. The quantitative estimate of drug-likeness (QED) is 0.562. The largest absolute Gasteiger partial charge is 0.456 e. The predicted molar refractivity (Wildman–Crippen MR) is 105 cm³/mol. The third kappa shape index (κ3) is 2.98. The minimum absolute atomic E-state index is 0.322. The summed E-state index contributed by atoms with van der Waals surface area (Å²) in [6.07, 6.45) is 0. The molecule has 5 heteroatoms. The standard InChI is InChI=1S/C22H16ClNO3/c1-13-7-9-16(11-14(13)2)27-20-10-8-15(12-19(20)23)24-21(25)17-5-3-4-6-18(17)22(24)26/h3-12H,1-2H3. The Morgan fingerprint density at radius 3 is 2.07 bits per heavy atom. The number of ether oxygens (including phenoxy) is 1. The van der Waals surface area contributed by atoms with Gasteiger partial charge in [-0.1, -0.05) is 29.8 Å². The molecule has 0 atom stereocenters. The van der Waals surface area contributed by atoms with Crippen molar-refractivity contribution in [3.05, 3.63) is 87.9 Å². The van der Waals surface area contributed by atoms with Gasteiger partial charge in [-0.3, -0.25) is 9.59 Å². The zero-order valence-corrected chi connectivity index (χ0v) is 15.6. The van der Waals surface area contributed by atoms with Crippen molar-refractivity contribution in [1.29, 1.82) is 0 Å². The van der Waals surface area contributed by atoms with E-state index in [0.717, 1.165) is 10.5 Å². The molecule has 0 aromatic heterocycles. The summed E-state index contributed by atoms with van der Waals surface area (Å²) in [6.45, 7) is 4.04. The molecule has 0 fully saturated rings. The fraction of sp³-hybridized carbons (Fsp3) is 0.0909. The van der Waals surface area contributed by atoms with Crippen LogP contribution in [0.25, 0.3) is 0 Å². The van der Waals surface area contributed by atoms with E-state index in [9.17, 15) is 9.59 Å². The molecule has 2 amide bonds. The highest BCUT2D eigenvalue weighted by molar-refractivity contribution is 6.36. The molecule has 0 aliphatic carbocycles. The maximum Gasteiger partial charge on any atom is 0.266 e. The number of hydrogen-bond acceptors (Lipinski definition) is 3. The Balaban J connectivity index is 1.64. The minimum Gasteiger partial charge on any atom is -0.456 e. The number of halogens is 1. The first-order valence-corrected chi connectivity index (χ1v) is 8.86. The van der Waals surface area contributed by atoms with Crippen molar-refractivity contribution in [2.24, 2.45) is 0 Å². The molecule has 1 aliphatic rings. The number of aryl methyl sites for hydroxylation is 2. The van der Waals surface area contributed by atoms with Crippen molar-refractivity contribution in [2.75, 3.05) is 4.90 Å². The van der Waals surface area contributed by atoms with Crippen LogP contribution in [-0.4, -0.2) is 11.8 Å². The molecule has 4 rings (SSSR count). The van der Waals surface area contributed by atoms with E-state index in [-0.39, 0.29) is 11.8 Å². The maximum atomic E-state index is 12.6. The van der Waals surface area contributed by atoms with E-state index in [1.54, 1.807) is 42.5 Å². The molecule has 1 heterocycles. The van der Waals surface area contributed by atoms with Crippen molar-refractivity contribution >= 4 is 29.1 Å². The molecule has 0 N–H and O–H groups in total. The molecule has 3 aromatic carbocycles. The van der Waals surface area contributed by atoms with Crippen LogP contribution < -0.4 is 9.64 Å². The average molecular weight is 378 g/mol. The van der Waals surface area contributed by atoms with Crippen molar-refractivity contribution in [3.8, 4) is 11.5 Å². The zero-order chi connectivity index (χ0) is 19.1. The minimum atomic E-state index is -0.352. The predicted octanol–water partition coefficient (Wildman–Crippen LogP) is 5.55. The third-order valence-corrected chi connectivity index (χ3v) is 4.97. The number of hydrogen-bond donors (Lipinski definition) is 0. The molecule has 3 aromatic rings. The molecule has 0 radical (unpaired) electrons. The smallest absolute Gasteiger partial charge is 0.266 e. The van der Waals surface area contributed by atoms with Crippen LogP contribution in [0.5, 0.6) is 11.5 Å². The highest BCUT2D eigenvalue weighted by Crippen LogP contribution is 2.36. The number of benzene rings is 3. The normalized spacial score (nSPS) is 13.1. The lowest BCUT2D eigenvalue weighted by Crippen LogP contribution is -2.29. The molecule has 0 saturated carbocycles. The molecule has 0 spiro atoms. The summed E-state index contributed by atoms with van der Waals surface area (Å²) in [4.78, 5) is 26.3. The van der Waals surface area contributed by atoms with E-state index in [0.29, 0.717) is 33.3 Å². The summed E-state index contributed by atoms with van der Waals surface area (Å²) in [5.41, 5.74) is 3.50. The second-order valence-electron chi connectivity index (χ2n) is 6.45. The van der Waals surface area contributed by atoms with E-state index in [2.05, 4.69) is 0 Å². The number of rotatable bonds is 3. The Morgan fingerprint density at radius 1 is 0.815 bits per heavy atom. The van der Waals surface area contributed by atoms with Gasteiger partial charge in [0.25, 0.3) is 11.8 Å². The van der Waals surface area contributed by atoms with E-state index in [1.165, 1.54) is 5.56 Å². The van der Waals surface area contributed by atoms with Gasteiger partial charge in [0, 0.05) is 0 Å². The molecule has 4 nitrogen and oxygen atoms in total. The van der Waals surface area contributed by atoms with Gasteiger partial charge in [-0.25, -0.2) is 4.90 Å². The van der Waals surface area contributed by atoms with Crippen molar-refractivity contribution in [1.82, 2.24) is 0 Å². The lowest BCUT2D eigenvalue weighted by atomic mass is 10.1. The topological polar surface area (TPSA) is 46.6 Å². The number of fused-ring (bicyclic) bond motifs is 1. The number of anilines is 1. The Hall–Kier alpha value is -3.11. The number of carbonyl (C=O) groups excluding carboxylic acids is 2. The fourth-order valence-corrected chi connectivity index (χ4v) is 3.25. The van der Waals surface area contributed by atoms with Crippen molar-refractivity contribution in [3.63, 3.8) is 0 Å². The van der Waals surface area contributed by atoms with Crippen LogP contribution >= 0.6 is 11.6 Å². The van der Waals surface area contributed by atoms with Gasteiger partial charge in [-0.2, -0.15) is 0 Å². The second kappa shape index (κ2) is 6.56. The maximum absolute atomic E-state index is 12.6. The Labute approximate surface area is 161 Å². The van der Waals surface area contributed by atoms with Gasteiger partial charge < -0.3 is 4.74 Å². The highest BCUT2D eigenvalue weighted by atomic mass is 35.5. The Kier molecular flexibility index (Phi) is 4.21. The van der Waals surface area contributed by atoms with Crippen LogP contribution in [0.4, 0.5) is 5.69 Å². The van der Waals surface area contributed by atoms with E-state index >= 15 is 0 Å². The summed E-state index contributed by atoms with van der Waals surface area (Å²) in [5, 5.41) is 0.322. The van der Waals surface area contributed by atoms with Gasteiger partial charge in [-0.05, 0) is 67.4 Å². The number of imide groups is 1. The number of carbonyl (C=O) groups is 2. The van der Waals surface area contributed by atoms with Crippen LogP contribution in [0, 0.1) is 13.8 Å². The SMILES string of the molecule is Cc1ccc(Oc2ccc(N3C(=O)c4ccccc4C3=O)cc2Cl)cc1C. The molecule has 0 saturated heterocycles. The molecule has 1 aliphatic heterocycles. The van der Waals surface area contributed by atoms with Crippen molar-refractivity contribution in [2.45, 2.75) is 13.8 Å². The first kappa shape index (κ1) is 17.3. The van der Waals surface area contributed by atoms with Crippen LogP contribution in [0.2, 0.25) is 5.02 Å². The van der Waals surface area contributed by atoms with Crippen LogP contribution in [-0.2, 0) is 0 Å². The summed E-state index contributed by atoms with van der Waals surface area (Å²) in [7, 11) is 0. The van der Waals surface area contributed by atoms with Gasteiger partial charge in [-0.15, -0.1) is 0 Å². The molecule has 0 bridgehead atoms. The molecular formula is C22H16ClNO3. The second-order valence-corrected chi connectivity index (χ2v) is 6.86.